The van der Waals surface area contributed by atoms with Gasteiger partial charge in [0.1, 0.15) is 11.6 Å². The number of furan rings is 1. The van der Waals surface area contributed by atoms with Gasteiger partial charge < -0.3 is 9.52 Å². The maximum absolute atomic E-state index is 10.6. The molecule has 0 unspecified atom stereocenters. The first-order chi connectivity index (χ1) is 9.20. The summed E-state index contributed by atoms with van der Waals surface area (Å²) in [7, 11) is 0. The van der Waals surface area contributed by atoms with E-state index in [1.165, 1.54) is 11.8 Å². The Labute approximate surface area is 114 Å². The van der Waals surface area contributed by atoms with Gasteiger partial charge in [-0.25, -0.2) is 0 Å². The molecule has 19 heavy (non-hydrogen) atoms. The quantitative estimate of drug-likeness (QED) is 0.782. The summed E-state index contributed by atoms with van der Waals surface area (Å²) < 4.78 is 7.23. The van der Waals surface area contributed by atoms with Crippen LogP contribution in [0.5, 0.6) is 0 Å². The van der Waals surface area contributed by atoms with Gasteiger partial charge in [-0.15, -0.1) is 10.2 Å². The van der Waals surface area contributed by atoms with Crippen molar-refractivity contribution in [2.24, 2.45) is 0 Å². The largest absolute Gasteiger partial charge is 0.481 e. The van der Waals surface area contributed by atoms with Gasteiger partial charge in [0.05, 0.1) is 18.6 Å². The minimum Gasteiger partial charge on any atom is -0.481 e. The molecule has 2 aromatic rings. The highest BCUT2D eigenvalue weighted by atomic mass is 32.2. The first-order valence-corrected chi connectivity index (χ1v) is 6.98. The number of aliphatic carboxylic acids is 1. The molecule has 102 valence electrons. The van der Waals surface area contributed by atoms with Crippen molar-refractivity contribution in [2.75, 3.05) is 5.75 Å². The van der Waals surface area contributed by atoms with Gasteiger partial charge in [0.25, 0.3) is 0 Å². The lowest BCUT2D eigenvalue weighted by Gasteiger charge is -2.07. The van der Waals surface area contributed by atoms with Crippen LogP contribution in [0.4, 0.5) is 0 Å². The predicted molar refractivity (Wildman–Crippen MR) is 70.2 cm³/mol. The number of carboxylic acids is 1. The highest BCUT2D eigenvalue weighted by Crippen LogP contribution is 2.19. The maximum atomic E-state index is 10.6. The minimum atomic E-state index is -0.866. The fourth-order valence-corrected chi connectivity index (χ4v) is 2.35. The van der Waals surface area contributed by atoms with Crippen molar-refractivity contribution < 1.29 is 14.3 Å². The van der Waals surface area contributed by atoms with Crippen LogP contribution < -0.4 is 0 Å². The van der Waals surface area contributed by atoms with Crippen molar-refractivity contribution in [1.82, 2.24) is 14.8 Å². The molecule has 0 aromatic carbocycles. The third-order valence-corrected chi connectivity index (χ3v) is 3.44. The van der Waals surface area contributed by atoms with Gasteiger partial charge in [-0.2, -0.15) is 0 Å². The van der Waals surface area contributed by atoms with Crippen LogP contribution >= 0.6 is 11.8 Å². The molecule has 0 saturated carbocycles. The number of hydrogen-bond acceptors (Lipinski definition) is 5. The topological polar surface area (TPSA) is 81.1 Å². The van der Waals surface area contributed by atoms with E-state index in [1.807, 2.05) is 16.7 Å². The summed E-state index contributed by atoms with van der Waals surface area (Å²) in [5.41, 5.74) is 0. The van der Waals surface area contributed by atoms with E-state index in [-0.39, 0.29) is 5.75 Å². The fraction of sp³-hybridized carbons (Fsp3) is 0.417. The van der Waals surface area contributed by atoms with E-state index in [0.29, 0.717) is 11.7 Å². The number of aryl methyl sites for hydroxylation is 1. The molecular formula is C12H15N3O3S. The van der Waals surface area contributed by atoms with Crippen molar-refractivity contribution in [3.05, 3.63) is 30.0 Å². The van der Waals surface area contributed by atoms with Crippen molar-refractivity contribution in [2.45, 2.75) is 31.5 Å². The molecule has 0 fully saturated rings. The molecular weight excluding hydrogens is 266 g/mol. The fourth-order valence-electron chi connectivity index (χ4n) is 1.68. The van der Waals surface area contributed by atoms with Gasteiger partial charge in [0.2, 0.25) is 0 Å². The lowest BCUT2D eigenvalue weighted by Crippen LogP contribution is -2.07. The normalized spacial score (nSPS) is 10.8. The molecule has 0 radical (unpaired) electrons. The Kier molecular flexibility index (Phi) is 4.62. The van der Waals surface area contributed by atoms with E-state index >= 15 is 0 Å². The van der Waals surface area contributed by atoms with Gasteiger partial charge in [-0.1, -0.05) is 18.7 Å². The molecule has 0 spiro atoms. The zero-order chi connectivity index (χ0) is 13.7. The Hall–Kier alpha value is -1.76. The molecule has 0 aliphatic carbocycles. The minimum absolute atomic E-state index is 0.0254. The van der Waals surface area contributed by atoms with E-state index in [1.54, 1.807) is 6.26 Å². The Morgan fingerprint density at radius 1 is 1.53 bits per heavy atom. The average molecular weight is 281 g/mol. The summed E-state index contributed by atoms with van der Waals surface area (Å²) in [5, 5.41) is 17.5. The van der Waals surface area contributed by atoms with Crippen LogP contribution in [-0.4, -0.2) is 31.6 Å². The number of aromatic nitrogens is 3. The Morgan fingerprint density at radius 3 is 3.00 bits per heavy atom. The molecule has 0 aliphatic heterocycles. The van der Waals surface area contributed by atoms with Crippen LogP contribution in [0.3, 0.4) is 0 Å². The summed E-state index contributed by atoms with van der Waals surface area (Å²) in [6.07, 6.45) is 3.38. The first kappa shape index (κ1) is 13.7. The first-order valence-electron chi connectivity index (χ1n) is 5.99. The summed E-state index contributed by atoms with van der Waals surface area (Å²) in [4.78, 5) is 10.6. The molecule has 0 saturated heterocycles. The Morgan fingerprint density at radius 2 is 2.37 bits per heavy atom. The third kappa shape index (κ3) is 3.60. The molecule has 0 atom stereocenters. The Bertz CT molecular complexity index is 536. The monoisotopic (exact) mass is 281 g/mol. The van der Waals surface area contributed by atoms with Gasteiger partial charge >= 0.3 is 5.97 Å². The third-order valence-electron chi connectivity index (χ3n) is 2.49. The van der Waals surface area contributed by atoms with Crippen molar-refractivity contribution >= 4 is 17.7 Å². The van der Waals surface area contributed by atoms with Crippen LogP contribution in [0, 0.1) is 0 Å². The van der Waals surface area contributed by atoms with E-state index in [4.69, 9.17) is 9.52 Å². The van der Waals surface area contributed by atoms with Gasteiger partial charge in [-0.05, 0) is 18.6 Å². The summed E-state index contributed by atoms with van der Waals surface area (Å²) in [6, 6.07) is 3.70. The molecule has 7 heteroatoms. The second-order valence-electron chi connectivity index (χ2n) is 4.00. The molecule has 2 rings (SSSR count). The van der Waals surface area contributed by atoms with Crippen LogP contribution in [0.1, 0.15) is 24.9 Å². The number of hydrogen-bond donors (Lipinski definition) is 1. The highest BCUT2D eigenvalue weighted by molar-refractivity contribution is 7.99. The van der Waals surface area contributed by atoms with Crippen molar-refractivity contribution in [3.63, 3.8) is 0 Å². The average Bonchev–Trinajstić information content (AvgIpc) is 2.99. The van der Waals surface area contributed by atoms with Crippen LogP contribution in [0.2, 0.25) is 0 Å². The van der Waals surface area contributed by atoms with E-state index < -0.39 is 5.97 Å². The molecule has 2 heterocycles. The van der Waals surface area contributed by atoms with Crippen molar-refractivity contribution in [3.8, 4) is 0 Å². The van der Waals surface area contributed by atoms with E-state index in [0.717, 1.165) is 24.4 Å². The molecule has 0 amide bonds. The Balaban J connectivity index is 2.19. The summed E-state index contributed by atoms with van der Waals surface area (Å²) in [5.74, 6) is 0.762. The van der Waals surface area contributed by atoms with Gasteiger partial charge in [0.15, 0.2) is 5.16 Å². The lowest BCUT2D eigenvalue weighted by atomic mass is 10.3. The van der Waals surface area contributed by atoms with Gasteiger partial charge in [0, 0.05) is 6.42 Å². The second-order valence-corrected chi connectivity index (χ2v) is 4.94. The van der Waals surface area contributed by atoms with Crippen LogP contribution in [0.15, 0.2) is 28.0 Å². The zero-order valence-electron chi connectivity index (χ0n) is 10.6. The second kappa shape index (κ2) is 6.42. The van der Waals surface area contributed by atoms with Crippen LogP contribution in [0.25, 0.3) is 0 Å². The predicted octanol–water partition coefficient (Wildman–Crippen LogP) is 2.05. The standard InChI is InChI=1S/C12H15N3O3S/c1-2-4-10-13-14-12(19-8-11(16)17)15(10)7-9-5-3-6-18-9/h3,5-6H,2,4,7-8H2,1H3,(H,16,17). The maximum Gasteiger partial charge on any atom is 0.313 e. The molecule has 6 nitrogen and oxygen atoms in total. The number of nitrogens with zero attached hydrogens (tertiary/aromatic N) is 3. The summed E-state index contributed by atoms with van der Waals surface area (Å²) in [6.45, 7) is 2.59. The zero-order valence-corrected chi connectivity index (χ0v) is 11.4. The lowest BCUT2D eigenvalue weighted by molar-refractivity contribution is -0.133. The SMILES string of the molecule is CCCc1nnc(SCC(=O)O)n1Cc1ccco1. The molecule has 0 aliphatic rings. The number of carboxylic acid groups (broad SMARTS) is 1. The number of carbonyl (C=O) groups is 1. The molecule has 2 aromatic heterocycles. The number of rotatable bonds is 7. The van der Waals surface area contributed by atoms with E-state index in [2.05, 4.69) is 17.1 Å². The number of thioether (sulfide) groups is 1. The van der Waals surface area contributed by atoms with Gasteiger partial charge in [-0.3, -0.25) is 9.36 Å². The van der Waals surface area contributed by atoms with Crippen LogP contribution in [-0.2, 0) is 17.8 Å². The molecule has 1 N–H and O–H groups in total. The summed E-state index contributed by atoms with van der Waals surface area (Å²) >= 11 is 1.17. The smallest absolute Gasteiger partial charge is 0.313 e. The molecule has 0 bridgehead atoms. The highest BCUT2D eigenvalue weighted by Gasteiger charge is 2.14. The van der Waals surface area contributed by atoms with E-state index in [9.17, 15) is 4.79 Å². The van der Waals surface area contributed by atoms with Crippen molar-refractivity contribution in [1.29, 1.82) is 0 Å².